The third kappa shape index (κ3) is 3.26. The van der Waals surface area contributed by atoms with Gasteiger partial charge in [0.05, 0.1) is 5.92 Å². The molecule has 0 saturated carbocycles. The van der Waals surface area contributed by atoms with Crippen LogP contribution in [0.15, 0.2) is 22.7 Å². The summed E-state index contributed by atoms with van der Waals surface area (Å²) in [6.07, 6.45) is 0.797. The molecule has 0 bridgehead atoms. The van der Waals surface area contributed by atoms with E-state index in [1.54, 1.807) is 0 Å². The van der Waals surface area contributed by atoms with Crippen LogP contribution in [0.5, 0.6) is 0 Å². The predicted molar refractivity (Wildman–Crippen MR) is 66.7 cm³/mol. The molecule has 1 aliphatic rings. The topological polar surface area (TPSA) is 46.3 Å². The molecular formula is C12H14BrFN2O. The lowest BCUT2D eigenvalue weighted by molar-refractivity contribution is -0.121. The summed E-state index contributed by atoms with van der Waals surface area (Å²) in [4.78, 5) is 13.2. The quantitative estimate of drug-likeness (QED) is 0.927. The summed E-state index contributed by atoms with van der Waals surface area (Å²) in [7, 11) is 0. The zero-order valence-electron chi connectivity index (χ0n) is 9.33. The average molecular weight is 301 g/mol. The number of hydrogen-bond donors (Lipinski definition) is 1. The van der Waals surface area contributed by atoms with Crippen LogP contribution in [-0.2, 0) is 11.3 Å². The largest absolute Gasteiger partial charge is 0.369 e. The van der Waals surface area contributed by atoms with Crippen LogP contribution in [0, 0.1) is 11.7 Å². The molecular weight excluding hydrogens is 287 g/mol. The molecule has 1 fully saturated rings. The van der Waals surface area contributed by atoms with E-state index < -0.39 is 0 Å². The van der Waals surface area contributed by atoms with E-state index >= 15 is 0 Å². The van der Waals surface area contributed by atoms with Gasteiger partial charge in [-0.1, -0.05) is 15.9 Å². The lowest BCUT2D eigenvalue weighted by Gasteiger charge is -2.15. The lowest BCUT2D eigenvalue weighted by Crippen LogP contribution is -2.27. The molecule has 0 radical (unpaired) electrons. The van der Waals surface area contributed by atoms with Gasteiger partial charge in [-0.2, -0.15) is 0 Å². The van der Waals surface area contributed by atoms with E-state index in [1.807, 2.05) is 6.07 Å². The molecule has 1 amide bonds. The number of amides is 1. The molecule has 92 valence electrons. The standard InChI is InChI=1S/C12H14BrFN2O/c13-10-3-8(4-11(14)5-10)6-16-2-1-9(7-16)12(15)17/h3-5,9H,1-2,6-7H2,(H2,15,17). The molecule has 1 aromatic rings. The molecule has 3 nitrogen and oxygen atoms in total. The molecule has 0 aliphatic carbocycles. The number of hydrogen-bond acceptors (Lipinski definition) is 2. The zero-order valence-corrected chi connectivity index (χ0v) is 10.9. The minimum Gasteiger partial charge on any atom is -0.369 e. The Morgan fingerprint density at radius 1 is 1.53 bits per heavy atom. The number of carbonyl (C=O) groups is 1. The molecule has 2 rings (SSSR count). The Morgan fingerprint density at radius 2 is 2.29 bits per heavy atom. The fraction of sp³-hybridized carbons (Fsp3) is 0.417. The third-order valence-corrected chi connectivity index (χ3v) is 3.46. The van der Waals surface area contributed by atoms with Crippen molar-refractivity contribution in [3.63, 3.8) is 0 Å². The molecule has 0 aromatic heterocycles. The summed E-state index contributed by atoms with van der Waals surface area (Å²) >= 11 is 3.26. The van der Waals surface area contributed by atoms with Gasteiger partial charge in [0, 0.05) is 17.6 Å². The Bertz CT molecular complexity index is 418. The van der Waals surface area contributed by atoms with Crippen molar-refractivity contribution in [2.75, 3.05) is 13.1 Å². The van der Waals surface area contributed by atoms with E-state index in [2.05, 4.69) is 20.8 Å². The normalized spacial score (nSPS) is 20.7. The second-order valence-electron chi connectivity index (χ2n) is 4.40. The van der Waals surface area contributed by atoms with Gasteiger partial charge >= 0.3 is 0 Å². The van der Waals surface area contributed by atoms with Crippen LogP contribution in [-0.4, -0.2) is 23.9 Å². The Morgan fingerprint density at radius 3 is 2.88 bits per heavy atom. The monoisotopic (exact) mass is 300 g/mol. The minimum absolute atomic E-state index is 0.0630. The van der Waals surface area contributed by atoms with Gasteiger partial charge in [0.1, 0.15) is 5.82 Å². The van der Waals surface area contributed by atoms with Gasteiger partial charge in [-0.05, 0) is 36.7 Å². The van der Waals surface area contributed by atoms with Crippen LogP contribution >= 0.6 is 15.9 Å². The summed E-state index contributed by atoms with van der Waals surface area (Å²) in [5.74, 6) is -0.556. The second kappa shape index (κ2) is 5.14. The van der Waals surface area contributed by atoms with Gasteiger partial charge in [0.15, 0.2) is 0 Å². The summed E-state index contributed by atoms with van der Waals surface area (Å²) in [6, 6.07) is 4.84. The van der Waals surface area contributed by atoms with Gasteiger partial charge in [-0.3, -0.25) is 9.69 Å². The van der Waals surface area contributed by atoms with Crippen LogP contribution in [0.25, 0.3) is 0 Å². The van der Waals surface area contributed by atoms with Crippen molar-refractivity contribution >= 4 is 21.8 Å². The number of halogens is 2. The van der Waals surface area contributed by atoms with Gasteiger partial charge in [-0.15, -0.1) is 0 Å². The molecule has 1 aromatic carbocycles. The first kappa shape index (κ1) is 12.5. The highest BCUT2D eigenvalue weighted by Crippen LogP contribution is 2.21. The maximum absolute atomic E-state index is 13.2. The molecule has 2 N–H and O–H groups in total. The number of rotatable bonds is 3. The first-order valence-corrected chi connectivity index (χ1v) is 6.30. The van der Waals surface area contributed by atoms with E-state index in [0.29, 0.717) is 13.1 Å². The Balaban J connectivity index is 2.00. The highest BCUT2D eigenvalue weighted by atomic mass is 79.9. The SMILES string of the molecule is NC(=O)C1CCN(Cc2cc(F)cc(Br)c2)C1. The van der Waals surface area contributed by atoms with Crippen molar-refractivity contribution in [2.45, 2.75) is 13.0 Å². The van der Waals surface area contributed by atoms with E-state index in [1.165, 1.54) is 12.1 Å². The van der Waals surface area contributed by atoms with Gasteiger partial charge in [-0.25, -0.2) is 4.39 Å². The van der Waals surface area contributed by atoms with Crippen LogP contribution in [0.4, 0.5) is 4.39 Å². The maximum atomic E-state index is 13.2. The lowest BCUT2D eigenvalue weighted by atomic mass is 10.1. The fourth-order valence-corrected chi connectivity index (χ4v) is 2.68. The summed E-state index contributed by atoms with van der Waals surface area (Å²) in [6.45, 7) is 2.16. The van der Waals surface area contributed by atoms with Gasteiger partial charge in [0.2, 0.25) is 5.91 Å². The summed E-state index contributed by atoms with van der Waals surface area (Å²) in [5.41, 5.74) is 6.17. The van der Waals surface area contributed by atoms with E-state index in [-0.39, 0.29) is 17.6 Å². The smallest absolute Gasteiger partial charge is 0.221 e. The minimum atomic E-state index is -0.250. The van der Waals surface area contributed by atoms with Crippen LogP contribution in [0.3, 0.4) is 0 Å². The molecule has 1 unspecified atom stereocenters. The average Bonchev–Trinajstić information content (AvgIpc) is 2.64. The predicted octanol–water partition coefficient (Wildman–Crippen LogP) is 1.90. The van der Waals surface area contributed by atoms with Gasteiger partial charge in [0.25, 0.3) is 0 Å². The van der Waals surface area contributed by atoms with Crippen molar-refractivity contribution < 1.29 is 9.18 Å². The van der Waals surface area contributed by atoms with Gasteiger partial charge < -0.3 is 5.73 Å². The maximum Gasteiger partial charge on any atom is 0.221 e. The third-order valence-electron chi connectivity index (χ3n) is 3.00. The van der Waals surface area contributed by atoms with E-state index in [9.17, 15) is 9.18 Å². The number of nitrogens with zero attached hydrogens (tertiary/aromatic N) is 1. The summed E-state index contributed by atoms with van der Waals surface area (Å²) < 4.78 is 13.9. The molecule has 1 atom stereocenters. The van der Waals surface area contributed by atoms with Crippen molar-refractivity contribution in [2.24, 2.45) is 11.7 Å². The van der Waals surface area contributed by atoms with E-state index in [0.717, 1.165) is 23.0 Å². The first-order valence-electron chi connectivity index (χ1n) is 5.51. The van der Waals surface area contributed by atoms with Crippen LogP contribution < -0.4 is 5.73 Å². The number of benzene rings is 1. The number of primary amides is 1. The molecule has 1 heterocycles. The molecule has 17 heavy (non-hydrogen) atoms. The van der Waals surface area contributed by atoms with Crippen molar-refractivity contribution in [3.05, 3.63) is 34.1 Å². The molecule has 0 spiro atoms. The Labute approximate surface area is 108 Å². The summed E-state index contributed by atoms with van der Waals surface area (Å²) in [5, 5.41) is 0. The van der Waals surface area contributed by atoms with Crippen molar-refractivity contribution in [1.29, 1.82) is 0 Å². The Kier molecular flexibility index (Phi) is 3.79. The molecule has 1 saturated heterocycles. The van der Waals surface area contributed by atoms with E-state index in [4.69, 9.17) is 5.73 Å². The Hall–Kier alpha value is -0.940. The molecule has 1 aliphatic heterocycles. The highest BCUT2D eigenvalue weighted by Gasteiger charge is 2.26. The molecule has 5 heteroatoms. The van der Waals surface area contributed by atoms with Crippen molar-refractivity contribution in [1.82, 2.24) is 4.90 Å². The number of carbonyl (C=O) groups excluding carboxylic acids is 1. The number of nitrogens with two attached hydrogens (primary N) is 1. The van der Waals surface area contributed by atoms with Crippen LogP contribution in [0.1, 0.15) is 12.0 Å². The van der Waals surface area contributed by atoms with Crippen molar-refractivity contribution in [3.8, 4) is 0 Å². The zero-order chi connectivity index (χ0) is 12.4. The highest BCUT2D eigenvalue weighted by molar-refractivity contribution is 9.10. The fourth-order valence-electron chi connectivity index (χ4n) is 2.17. The van der Waals surface area contributed by atoms with Crippen LogP contribution in [0.2, 0.25) is 0 Å². The first-order chi connectivity index (χ1) is 8.04. The second-order valence-corrected chi connectivity index (χ2v) is 5.32. The number of likely N-dealkylation sites (tertiary alicyclic amines) is 1.